The molecule has 0 fully saturated rings. The van der Waals surface area contributed by atoms with Crippen molar-refractivity contribution >= 4 is 22.7 Å². The van der Waals surface area contributed by atoms with E-state index >= 15 is 0 Å². The Hall–Kier alpha value is -0.960. The second-order valence-corrected chi connectivity index (χ2v) is 4.17. The van der Waals surface area contributed by atoms with Gasteiger partial charge in [0.05, 0.1) is 5.52 Å². The number of nitrogens with zero attached hydrogens (tertiary/aromatic N) is 1. The summed E-state index contributed by atoms with van der Waals surface area (Å²) in [5.41, 5.74) is 2.13. The Morgan fingerprint density at radius 1 is 1.43 bits per heavy atom. The third-order valence-electron chi connectivity index (χ3n) is 2.43. The van der Waals surface area contributed by atoms with Crippen LogP contribution in [0.3, 0.4) is 0 Å². The van der Waals surface area contributed by atoms with Gasteiger partial charge in [0.2, 0.25) is 0 Å². The molecule has 14 heavy (non-hydrogen) atoms. The fourth-order valence-electron chi connectivity index (χ4n) is 1.67. The fourth-order valence-corrected chi connectivity index (χ4v) is 2.24. The fraction of sp³-hybridized carbons (Fsp3) is 0.273. The minimum Gasteiger partial charge on any atom is -0.347 e. The number of thioether (sulfide) groups is 1. The quantitative estimate of drug-likeness (QED) is 0.735. The average Bonchev–Trinajstić information content (AvgIpc) is 2.48. The van der Waals surface area contributed by atoms with Crippen LogP contribution in [0.4, 0.5) is 4.39 Å². The third kappa shape index (κ3) is 1.42. The molecule has 0 N–H and O–H groups in total. The Labute approximate surface area is 86.9 Å². The van der Waals surface area contributed by atoms with Crippen molar-refractivity contribution in [3.63, 3.8) is 0 Å². The van der Waals surface area contributed by atoms with Crippen LogP contribution in [0.5, 0.6) is 0 Å². The molecule has 0 unspecified atom stereocenters. The van der Waals surface area contributed by atoms with E-state index in [0.29, 0.717) is 0 Å². The zero-order valence-electron chi connectivity index (χ0n) is 8.25. The zero-order valence-corrected chi connectivity index (χ0v) is 9.07. The molecule has 0 spiro atoms. The first kappa shape index (κ1) is 9.59. The predicted octanol–water partition coefficient (Wildman–Crippen LogP) is 3.18. The number of aryl methyl sites for hydroxylation is 1. The number of rotatable bonds is 2. The summed E-state index contributed by atoms with van der Waals surface area (Å²) in [4.78, 5) is 0. The minimum absolute atomic E-state index is 0.134. The van der Waals surface area contributed by atoms with E-state index in [0.717, 1.165) is 22.3 Å². The number of aromatic nitrogens is 1. The lowest BCUT2D eigenvalue weighted by Crippen LogP contribution is -1.93. The van der Waals surface area contributed by atoms with Gasteiger partial charge in [-0.25, -0.2) is 4.39 Å². The molecule has 3 heteroatoms. The van der Waals surface area contributed by atoms with Crippen molar-refractivity contribution in [1.82, 2.24) is 4.57 Å². The molecule has 2 rings (SSSR count). The Bertz CT molecular complexity index is 462. The lowest BCUT2D eigenvalue weighted by atomic mass is 10.2. The molecular formula is C11H12FNS. The first-order valence-electron chi connectivity index (χ1n) is 4.46. The van der Waals surface area contributed by atoms with Gasteiger partial charge in [-0.15, -0.1) is 0 Å². The summed E-state index contributed by atoms with van der Waals surface area (Å²) in [5, 5.41) is 0.721. The topological polar surface area (TPSA) is 4.93 Å². The van der Waals surface area contributed by atoms with Crippen molar-refractivity contribution in [1.29, 1.82) is 0 Å². The van der Waals surface area contributed by atoms with Crippen molar-refractivity contribution in [2.24, 2.45) is 7.05 Å². The number of halogens is 1. The highest BCUT2D eigenvalue weighted by atomic mass is 32.2. The molecule has 0 aliphatic carbocycles. The van der Waals surface area contributed by atoms with Crippen LogP contribution in [0.2, 0.25) is 0 Å². The first-order valence-corrected chi connectivity index (χ1v) is 5.85. The van der Waals surface area contributed by atoms with Crippen LogP contribution in [-0.4, -0.2) is 10.8 Å². The van der Waals surface area contributed by atoms with Crippen LogP contribution in [0.1, 0.15) is 5.69 Å². The van der Waals surface area contributed by atoms with E-state index in [-0.39, 0.29) is 5.82 Å². The summed E-state index contributed by atoms with van der Waals surface area (Å²) < 4.78 is 15.5. The van der Waals surface area contributed by atoms with Gasteiger partial charge in [-0.2, -0.15) is 11.8 Å². The van der Waals surface area contributed by atoms with Crippen LogP contribution < -0.4 is 0 Å². The lowest BCUT2D eigenvalue weighted by molar-refractivity contribution is 0.640. The highest BCUT2D eigenvalue weighted by molar-refractivity contribution is 7.97. The zero-order chi connectivity index (χ0) is 10.1. The van der Waals surface area contributed by atoms with Crippen LogP contribution in [-0.2, 0) is 12.8 Å². The lowest BCUT2D eigenvalue weighted by Gasteiger charge is -2.01. The summed E-state index contributed by atoms with van der Waals surface area (Å²) in [6.45, 7) is 0. The second kappa shape index (κ2) is 3.65. The molecule has 0 atom stereocenters. The maximum atomic E-state index is 13.4. The van der Waals surface area contributed by atoms with E-state index in [1.54, 1.807) is 17.8 Å². The molecule has 1 nitrogen and oxygen atoms in total. The van der Waals surface area contributed by atoms with Gasteiger partial charge in [0, 0.05) is 23.9 Å². The predicted molar refractivity (Wildman–Crippen MR) is 60.1 cm³/mol. The van der Waals surface area contributed by atoms with Crippen LogP contribution in [0.15, 0.2) is 24.3 Å². The molecule has 0 amide bonds. The van der Waals surface area contributed by atoms with Crippen LogP contribution >= 0.6 is 11.8 Å². The van der Waals surface area contributed by atoms with Crippen LogP contribution in [0.25, 0.3) is 10.9 Å². The average molecular weight is 209 g/mol. The molecule has 0 bridgehead atoms. The molecule has 1 aromatic carbocycles. The smallest absolute Gasteiger partial charge is 0.132 e. The van der Waals surface area contributed by atoms with Gasteiger partial charge in [-0.3, -0.25) is 0 Å². The Morgan fingerprint density at radius 3 is 2.86 bits per heavy atom. The number of hydrogen-bond donors (Lipinski definition) is 0. The van der Waals surface area contributed by atoms with Crippen molar-refractivity contribution in [3.8, 4) is 0 Å². The molecule has 1 heterocycles. The Kier molecular flexibility index (Phi) is 2.50. The summed E-state index contributed by atoms with van der Waals surface area (Å²) in [5.74, 6) is 0.787. The van der Waals surface area contributed by atoms with E-state index < -0.39 is 0 Å². The Balaban J connectivity index is 2.67. The summed E-state index contributed by atoms with van der Waals surface area (Å²) in [6.07, 6.45) is 2.05. The number of benzene rings is 1. The normalized spacial score (nSPS) is 11.1. The first-order chi connectivity index (χ1) is 6.74. The maximum Gasteiger partial charge on any atom is 0.132 e. The van der Waals surface area contributed by atoms with Gasteiger partial charge >= 0.3 is 0 Å². The van der Waals surface area contributed by atoms with Gasteiger partial charge in [-0.05, 0) is 24.5 Å². The molecule has 0 aliphatic rings. The highest BCUT2D eigenvalue weighted by Crippen LogP contribution is 2.23. The molecular weight excluding hydrogens is 197 g/mol. The van der Waals surface area contributed by atoms with E-state index in [1.165, 1.54) is 6.07 Å². The Morgan fingerprint density at radius 2 is 2.21 bits per heavy atom. The molecule has 0 saturated carbocycles. The van der Waals surface area contributed by atoms with Gasteiger partial charge < -0.3 is 4.57 Å². The minimum atomic E-state index is -0.134. The summed E-state index contributed by atoms with van der Waals surface area (Å²) in [6, 6.07) is 7.13. The number of fused-ring (bicyclic) bond motifs is 1. The molecule has 2 aromatic rings. The summed E-state index contributed by atoms with van der Waals surface area (Å²) in [7, 11) is 1.98. The van der Waals surface area contributed by atoms with E-state index in [4.69, 9.17) is 0 Å². The van der Waals surface area contributed by atoms with Crippen molar-refractivity contribution in [2.75, 3.05) is 6.26 Å². The molecule has 0 saturated heterocycles. The molecule has 1 aromatic heterocycles. The highest BCUT2D eigenvalue weighted by Gasteiger charge is 2.07. The maximum absolute atomic E-state index is 13.4. The van der Waals surface area contributed by atoms with Gasteiger partial charge in [0.1, 0.15) is 5.82 Å². The van der Waals surface area contributed by atoms with Crippen molar-refractivity contribution < 1.29 is 4.39 Å². The standard InChI is InChI=1S/C11H12FNS/c1-13-8(7-14-2)6-9-10(12)4-3-5-11(9)13/h3-6H,7H2,1-2H3. The second-order valence-electron chi connectivity index (χ2n) is 3.30. The van der Waals surface area contributed by atoms with E-state index in [1.807, 2.05) is 25.4 Å². The molecule has 0 aliphatic heterocycles. The monoisotopic (exact) mass is 209 g/mol. The van der Waals surface area contributed by atoms with Crippen molar-refractivity contribution in [2.45, 2.75) is 5.75 Å². The van der Waals surface area contributed by atoms with Gasteiger partial charge in [0.25, 0.3) is 0 Å². The van der Waals surface area contributed by atoms with Crippen LogP contribution in [0, 0.1) is 5.82 Å². The third-order valence-corrected chi connectivity index (χ3v) is 3.01. The van der Waals surface area contributed by atoms with E-state index in [9.17, 15) is 4.39 Å². The van der Waals surface area contributed by atoms with E-state index in [2.05, 4.69) is 4.57 Å². The molecule has 74 valence electrons. The largest absolute Gasteiger partial charge is 0.347 e. The van der Waals surface area contributed by atoms with Crippen molar-refractivity contribution in [3.05, 3.63) is 35.8 Å². The molecule has 0 radical (unpaired) electrons. The SMILES string of the molecule is CSCc1cc2c(F)cccc2n1C. The summed E-state index contributed by atoms with van der Waals surface area (Å²) >= 11 is 1.75. The van der Waals surface area contributed by atoms with Gasteiger partial charge in [0.15, 0.2) is 0 Å². The number of hydrogen-bond acceptors (Lipinski definition) is 1. The van der Waals surface area contributed by atoms with Gasteiger partial charge in [-0.1, -0.05) is 6.07 Å².